The van der Waals surface area contributed by atoms with Crippen LogP contribution < -0.4 is 5.32 Å². The van der Waals surface area contributed by atoms with Gasteiger partial charge in [0.2, 0.25) is 0 Å². The van der Waals surface area contributed by atoms with E-state index in [-0.39, 0.29) is 5.69 Å². The van der Waals surface area contributed by atoms with Crippen LogP contribution in [0.2, 0.25) is 0 Å². The van der Waals surface area contributed by atoms with Gasteiger partial charge in [-0.25, -0.2) is 0 Å². The zero-order valence-corrected chi connectivity index (χ0v) is 18.6. The SMILES string of the molecule is Cc1cc(-c2cc(NC(=O)c3cc(C(F)(F)F)cnn3)ccc2C)cc(-c2ccnc(C=O)c2)n1. The number of carbonyl (C=O) groups excluding carboxylic acids is 2. The predicted molar refractivity (Wildman–Crippen MR) is 123 cm³/mol. The number of anilines is 1. The van der Waals surface area contributed by atoms with E-state index >= 15 is 0 Å². The fourth-order valence-electron chi connectivity index (χ4n) is 3.48. The molecule has 0 aliphatic carbocycles. The summed E-state index contributed by atoms with van der Waals surface area (Å²) in [7, 11) is 0. The Labute approximate surface area is 198 Å². The standard InChI is InChI=1S/C25H18F3N5O2/c1-14-3-4-19(32-24(35)23-10-18(12-30-33-23)25(26,27)28)11-21(14)17-7-15(2)31-22(9-17)16-5-6-29-20(8-16)13-34/h3-13H,1-2H3,(H,32,35). The number of aldehydes is 1. The molecule has 4 rings (SSSR count). The number of rotatable bonds is 5. The van der Waals surface area contributed by atoms with Gasteiger partial charge in [-0.2, -0.15) is 18.3 Å². The summed E-state index contributed by atoms with van der Waals surface area (Å²) in [6, 6.07) is 12.9. The fraction of sp³-hybridized carbons (Fsp3) is 0.120. The molecule has 3 heterocycles. The summed E-state index contributed by atoms with van der Waals surface area (Å²) >= 11 is 0. The van der Waals surface area contributed by atoms with Gasteiger partial charge >= 0.3 is 6.18 Å². The van der Waals surface area contributed by atoms with Crippen LogP contribution in [0.5, 0.6) is 0 Å². The van der Waals surface area contributed by atoms with Crippen molar-refractivity contribution in [3.63, 3.8) is 0 Å². The first-order valence-electron chi connectivity index (χ1n) is 10.4. The molecule has 0 radical (unpaired) electrons. The second-order valence-electron chi connectivity index (χ2n) is 7.78. The Bertz CT molecular complexity index is 1440. The van der Waals surface area contributed by atoms with Crippen molar-refractivity contribution in [1.29, 1.82) is 0 Å². The molecule has 0 aliphatic rings. The molecule has 0 fully saturated rings. The summed E-state index contributed by atoms with van der Waals surface area (Å²) in [6.45, 7) is 3.73. The minimum Gasteiger partial charge on any atom is -0.321 e. The maximum absolute atomic E-state index is 12.9. The van der Waals surface area contributed by atoms with Crippen molar-refractivity contribution < 1.29 is 22.8 Å². The summed E-state index contributed by atoms with van der Waals surface area (Å²) in [4.78, 5) is 32.2. The third-order valence-corrected chi connectivity index (χ3v) is 5.17. The number of alkyl halides is 3. The van der Waals surface area contributed by atoms with Crippen molar-refractivity contribution in [3.05, 3.63) is 89.1 Å². The zero-order valence-electron chi connectivity index (χ0n) is 18.6. The summed E-state index contributed by atoms with van der Waals surface area (Å²) in [5, 5.41) is 9.39. The van der Waals surface area contributed by atoms with Gasteiger partial charge in [-0.3, -0.25) is 19.6 Å². The molecule has 1 N–H and O–H groups in total. The monoisotopic (exact) mass is 477 g/mol. The Morgan fingerprint density at radius 2 is 1.80 bits per heavy atom. The Morgan fingerprint density at radius 3 is 2.54 bits per heavy atom. The van der Waals surface area contributed by atoms with Gasteiger partial charge in [0.25, 0.3) is 5.91 Å². The van der Waals surface area contributed by atoms with Crippen LogP contribution in [0, 0.1) is 13.8 Å². The van der Waals surface area contributed by atoms with E-state index in [9.17, 15) is 22.8 Å². The molecule has 0 bridgehead atoms. The lowest BCUT2D eigenvalue weighted by molar-refractivity contribution is -0.137. The fourth-order valence-corrected chi connectivity index (χ4v) is 3.48. The Hall–Kier alpha value is -4.47. The lowest BCUT2D eigenvalue weighted by atomic mass is 9.98. The number of hydrogen-bond acceptors (Lipinski definition) is 6. The molecule has 0 spiro atoms. The van der Waals surface area contributed by atoms with Gasteiger partial charge in [-0.1, -0.05) is 6.07 Å². The quantitative estimate of drug-likeness (QED) is 0.392. The molecule has 35 heavy (non-hydrogen) atoms. The Balaban J connectivity index is 1.67. The minimum absolute atomic E-state index is 0.283. The Morgan fingerprint density at radius 1 is 1.00 bits per heavy atom. The van der Waals surface area contributed by atoms with Crippen molar-refractivity contribution >= 4 is 17.9 Å². The number of benzene rings is 1. The van der Waals surface area contributed by atoms with Crippen molar-refractivity contribution in [3.8, 4) is 22.4 Å². The van der Waals surface area contributed by atoms with Crippen LogP contribution in [0.1, 0.15) is 37.8 Å². The second kappa shape index (κ2) is 9.41. The number of carbonyl (C=O) groups is 2. The number of nitrogens with zero attached hydrogens (tertiary/aromatic N) is 4. The molecule has 1 amide bonds. The normalized spacial score (nSPS) is 11.2. The van der Waals surface area contributed by atoms with Gasteiger partial charge in [0.15, 0.2) is 12.0 Å². The number of aryl methyl sites for hydroxylation is 2. The zero-order chi connectivity index (χ0) is 25.2. The van der Waals surface area contributed by atoms with Crippen molar-refractivity contribution in [2.75, 3.05) is 5.32 Å². The van der Waals surface area contributed by atoms with E-state index < -0.39 is 23.3 Å². The van der Waals surface area contributed by atoms with Crippen LogP contribution in [-0.2, 0) is 6.18 Å². The summed E-state index contributed by atoms with van der Waals surface area (Å²) < 4.78 is 38.8. The van der Waals surface area contributed by atoms with E-state index in [2.05, 4.69) is 25.5 Å². The molecule has 7 nitrogen and oxygen atoms in total. The molecule has 0 saturated heterocycles. The van der Waals surface area contributed by atoms with Crippen molar-refractivity contribution in [1.82, 2.24) is 20.2 Å². The molecule has 0 aliphatic heterocycles. The largest absolute Gasteiger partial charge is 0.418 e. The maximum Gasteiger partial charge on any atom is 0.418 e. The van der Waals surface area contributed by atoms with E-state index in [1.54, 1.807) is 30.3 Å². The van der Waals surface area contributed by atoms with Gasteiger partial charge in [0.05, 0.1) is 17.5 Å². The molecule has 1 aromatic carbocycles. The first-order chi connectivity index (χ1) is 16.6. The second-order valence-corrected chi connectivity index (χ2v) is 7.78. The third kappa shape index (κ3) is 5.37. The van der Waals surface area contributed by atoms with Gasteiger partial charge in [-0.15, -0.1) is 5.10 Å². The average molecular weight is 477 g/mol. The number of amides is 1. The number of hydrogen-bond donors (Lipinski definition) is 1. The van der Waals surface area contributed by atoms with Crippen molar-refractivity contribution in [2.24, 2.45) is 0 Å². The van der Waals surface area contributed by atoms with Crippen LogP contribution >= 0.6 is 0 Å². The highest BCUT2D eigenvalue weighted by Crippen LogP contribution is 2.31. The number of halogens is 3. The first kappa shape index (κ1) is 23.7. The predicted octanol–water partition coefficient (Wildman–Crippen LogP) is 5.30. The summed E-state index contributed by atoms with van der Waals surface area (Å²) in [6.07, 6.45) is -1.89. The molecule has 10 heteroatoms. The van der Waals surface area contributed by atoms with E-state index in [0.29, 0.717) is 29.9 Å². The van der Waals surface area contributed by atoms with E-state index in [1.165, 1.54) is 6.20 Å². The van der Waals surface area contributed by atoms with Gasteiger partial charge < -0.3 is 5.32 Å². The van der Waals surface area contributed by atoms with Crippen molar-refractivity contribution in [2.45, 2.75) is 20.0 Å². The van der Waals surface area contributed by atoms with Gasteiger partial charge in [0, 0.05) is 23.1 Å². The summed E-state index contributed by atoms with van der Waals surface area (Å²) in [5.41, 5.74) is 3.74. The van der Waals surface area contributed by atoms with Crippen LogP contribution in [0.4, 0.5) is 18.9 Å². The van der Waals surface area contributed by atoms with Crippen LogP contribution in [0.15, 0.2) is 60.9 Å². The maximum atomic E-state index is 12.9. The third-order valence-electron chi connectivity index (χ3n) is 5.17. The topological polar surface area (TPSA) is 97.7 Å². The molecule has 176 valence electrons. The summed E-state index contributed by atoms with van der Waals surface area (Å²) in [5.74, 6) is -0.817. The minimum atomic E-state index is -4.64. The molecule has 4 aromatic rings. The lowest BCUT2D eigenvalue weighted by Crippen LogP contribution is -2.16. The van der Waals surface area contributed by atoms with E-state index in [1.807, 2.05) is 26.0 Å². The molecule has 3 aromatic heterocycles. The molecular formula is C25H18F3N5O2. The van der Waals surface area contributed by atoms with Crippen LogP contribution in [0.3, 0.4) is 0 Å². The molecule has 0 atom stereocenters. The molecule has 0 unspecified atom stereocenters. The average Bonchev–Trinajstić information content (AvgIpc) is 2.84. The molecule has 0 saturated carbocycles. The number of aromatic nitrogens is 4. The van der Waals surface area contributed by atoms with Crippen LogP contribution in [0.25, 0.3) is 22.4 Å². The molecular weight excluding hydrogens is 459 g/mol. The number of pyridine rings is 2. The first-order valence-corrected chi connectivity index (χ1v) is 10.4. The van der Waals surface area contributed by atoms with E-state index in [4.69, 9.17) is 0 Å². The van der Waals surface area contributed by atoms with Gasteiger partial charge in [-0.05, 0) is 73.0 Å². The van der Waals surface area contributed by atoms with E-state index in [0.717, 1.165) is 27.9 Å². The highest BCUT2D eigenvalue weighted by molar-refractivity contribution is 6.03. The highest BCUT2D eigenvalue weighted by atomic mass is 19.4. The smallest absolute Gasteiger partial charge is 0.321 e. The highest BCUT2D eigenvalue weighted by Gasteiger charge is 2.32. The number of nitrogens with one attached hydrogen (secondary N) is 1. The van der Waals surface area contributed by atoms with Crippen LogP contribution in [-0.4, -0.2) is 32.4 Å². The lowest BCUT2D eigenvalue weighted by Gasteiger charge is -2.13. The van der Waals surface area contributed by atoms with Gasteiger partial charge in [0.1, 0.15) is 5.69 Å². The Kier molecular flexibility index (Phi) is 6.37.